The van der Waals surface area contributed by atoms with Crippen LogP contribution in [0.25, 0.3) is 0 Å². The lowest BCUT2D eigenvalue weighted by Gasteiger charge is -2.32. The van der Waals surface area contributed by atoms with Gasteiger partial charge in [0.25, 0.3) is 0 Å². The van der Waals surface area contributed by atoms with Gasteiger partial charge >= 0.3 is 0 Å². The summed E-state index contributed by atoms with van der Waals surface area (Å²) in [5.41, 5.74) is 6.27. The van der Waals surface area contributed by atoms with Crippen LogP contribution in [0.1, 0.15) is 46.9 Å². The summed E-state index contributed by atoms with van der Waals surface area (Å²) in [5.74, 6) is 1.45. The summed E-state index contributed by atoms with van der Waals surface area (Å²) in [5, 5.41) is 3.74. The van der Waals surface area contributed by atoms with E-state index in [1.807, 2.05) is 0 Å². The third-order valence-corrected chi connectivity index (χ3v) is 5.24. The van der Waals surface area contributed by atoms with Crippen molar-refractivity contribution in [2.75, 3.05) is 13.1 Å². The van der Waals surface area contributed by atoms with Crippen molar-refractivity contribution in [2.45, 2.75) is 37.5 Å². The summed E-state index contributed by atoms with van der Waals surface area (Å²) >= 11 is 0. The highest BCUT2D eigenvalue weighted by Gasteiger charge is 2.25. The minimum absolute atomic E-state index is 0.713. The molecule has 21 heavy (non-hydrogen) atoms. The van der Waals surface area contributed by atoms with E-state index < -0.39 is 0 Å². The van der Waals surface area contributed by atoms with Crippen molar-refractivity contribution in [1.29, 1.82) is 0 Å². The molecule has 4 rings (SSSR count). The molecule has 2 aliphatic carbocycles. The molecule has 0 fully saturated rings. The Hall–Kier alpha value is -1.60. The van der Waals surface area contributed by atoms with Gasteiger partial charge in [-0.15, -0.1) is 0 Å². The summed E-state index contributed by atoms with van der Waals surface area (Å²) in [6.45, 7) is 2.27. The highest BCUT2D eigenvalue weighted by molar-refractivity contribution is 5.40. The van der Waals surface area contributed by atoms with E-state index in [1.165, 1.54) is 25.7 Å². The van der Waals surface area contributed by atoms with Gasteiger partial charge < -0.3 is 5.32 Å². The molecule has 2 aromatic carbocycles. The Balaban J connectivity index is 1.35. The molecule has 0 bridgehead atoms. The molecule has 0 spiro atoms. The molecule has 2 aromatic rings. The minimum Gasteiger partial charge on any atom is -0.316 e. The Morgan fingerprint density at radius 1 is 0.810 bits per heavy atom. The second kappa shape index (κ2) is 5.65. The second-order valence-corrected chi connectivity index (χ2v) is 6.55. The minimum atomic E-state index is 0.713. The summed E-state index contributed by atoms with van der Waals surface area (Å²) in [7, 11) is 0. The smallest absolute Gasteiger partial charge is 0.00237 e. The van der Waals surface area contributed by atoms with E-state index in [1.54, 1.807) is 22.3 Å². The van der Waals surface area contributed by atoms with Crippen LogP contribution < -0.4 is 5.32 Å². The van der Waals surface area contributed by atoms with Crippen LogP contribution in [-0.2, 0) is 12.8 Å². The van der Waals surface area contributed by atoms with Crippen LogP contribution in [0.2, 0.25) is 0 Å². The number of rotatable bonds is 4. The first kappa shape index (κ1) is 13.1. The van der Waals surface area contributed by atoms with E-state index in [2.05, 4.69) is 53.8 Å². The summed E-state index contributed by atoms with van der Waals surface area (Å²) < 4.78 is 0. The van der Waals surface area contributed by atoms with Gasteiger partial charge in [0.2, 0.25) is 0 Å². The quantitative estimate of drug-likeness (QED) is 0.889. The van der Waals surface area contributed by atoms with E-state index in [0.717, 1.165) is 19.0 Å². The van der Waals surface area contributed by atoms with Crippen LogP contribution in [0, 0.1) is 0 Å². The van der Waals surface area contributed by atoms with Gasteiger partial charge in [-0.05, 0) is 53.9 Å². The fourth-order valence-corrected chi connectivity index (χ4v) is 4.04. The summed E-state index contributed by atoms with van der Waals surface area (Å²) in [4.78, 5) is 0. The van der Waals surface area contributed by atoms with Crippen molar-refractivity contribution in [3.63, 3.8) is 0 Å². The molecule has 2 atom stereocenters. The van der Waals surface area contributed by atoms with Crippen LogP contribution in [0.5, 0.6) is 0 Å². The molecule has 1 N–H and O–H groups in total. The third kappa shape index (κ3) is 2.51. The van der Waals surface area contributed by atoms with Crippen molar-refractivity contribution >= 4 is 0 Å². The lowest BCUT2D eigenvalue weighted by Crippen LogP contribution is -2.32. The van der Waals surface area contributed by atoms with Gasteiger partial charge in [-0.1, -0.05) is 48.5 Å². The number of benzene rings is 2. The van der Waals surface area contributed by atoms with Gasteiger partial charge in [0.15, 0.2) is 0 Å². The van der Waals surface area contributed by atoms with Gasteiger partial charge in [-0.25, -0.2) is 0 Å². The Bertz CT molecular complexity index is 631. The Morgan fingerprint density at radius 2 is 1.48 bits per heavy atom. The highest BCUT2D eigenvalue weighted by Crippen LogP contribution is 2.35. The largest absolute Gasteiger partial charge is 0.316 e. The molecule has 0 aliphatic heterocycles. The first-order valence-electron chi connectivity index (χ1n) is 8.28. The predicted molar refractivity (Wildman–Crippen MR) is 87.9 cm³/mol. The lowest BCUT2D eigenvalue weighted by molar-refractivity contribution is 0.473. The van der Waals surface area contributed by atoms with Gasteiger partial charge in [0.1, 0.15) is 0 Å². The number of hydrogen-bond acceptors (Lipinski definition) is 1. The molecule has 2 aliphatic rings. The SMILES string of the molecule is c1ccc2c(c1)CCCC2CNCC1Cc2ccccc21. The molecule has 108 valence electrons. The average Bonchev–Trinajstić information content (AvgIpc) is 2.52. The molecule has 0 amide bonds. The topological polar surface area (TPSA) is 12.0 Å². The van der Waals surface area contributed by atoms with E-state index in [-0.39, 0.29) is 0 Å². The number of fused-ring (bicyclic) bond motifs is 2. The van der Waals surface area contributed by atoms with Gasteiger partial charge in [-0.3, -0.25) is 0 Å². The molecular weight excluding hydrogens is 254 g/mol. The number of nitrogens with one attached hydrogen (secondary N) is 1. The first-order valence-corrected chi connectivity index (χ1v) is 8.28. The van der Waals surface area contributed by atoms with Crippen LogP contribution in [0.4, 0.5) is 0 Å². The zero-order valence-corrected chi connectivity index (χ0v) is 12.5. The van der Waals surface area contributed by atoms with Gasteiger partial charge in [0, 0.05) is 19.0 Å². The van der Waals surface area contributed by atoms with Crippen LogP contribution in [-0.4, -0.2) is 13.1 Å². The maximum absolute atomic E-state index is 3.74. The standard InChI is InChI=1S/C20H23N/c1-3-10-19-15(6-1)8-5-9-17(19)13-21-14-18-12-16-7-2-4-11-20(16)18/h1-4,6-7,10-11,17-18,21H,5,8-9,12-14H2. The second-order valence-electron chi connectivity index (χ2n) is 6.55. The van der Waals surface area contributed by atoms with Crippen molar-refractivity contribution < 1.29 is 0 Å². The Kier molecular flexibility index (Phi) is 3.52. The first-order chi connectivity index (χ1) is 10.4. The molecule has 1 heteroatoms. The van der Waals surface area contributed by atoms with Crippen LogP contribution in [0.15, 0.2) is 48.5 Å². The van der Waals surface area contributed by atoms with E-state index >= 15 is 0 Å². The maximum atomic E-state index is 3.74. The number of hydrogen-bond donors (Lipinski definition) is 1. The van der Waals surface area contributed by atoms with Crippen molar-refractivity contribution in [1.82, 2.24) is 5.32 Å². The van der Waals surface area contributed by atoms with E-state index in [9.17, 15) is 0 Å². The third-order valence-electron chi connectivity index (χ3n) is 5.24. The van der Waals surface area contributed by atoms with Crippen LogP contribution in [0.3, 0.4) is 0 Å². The average molecular weight is 277 g/mol. The highest BCUT2D eigenvalue weighted by atomic mass is 14.9. The lowest BCUT2D eigenvalue weighted by atomic mass is 9.77. The predicted octanol–water partition coefficient (Wildman–Crippen LogP) is 4.04. The summed E-state index contributed by atoms with van der Waals surface area (Å²) in [6, 6.07) is 17.9. The molecule has 0 radical (unpaired) electrons. The zero-order valence-electron chi connectivity index (χ0n) is 12.5. The molecule has 0 aromatic heterocycles. The van der Waals surface area contributed by atoms with E-state index in [4.69, 9.17) is 0 Å². The maximum Gasteiger partial charge on any atom is 0.00237 e. The van der Waals surface area contributed by atoms with Crippen molar-refractivity contribution in [3.8, 4) is 0 Å². The summed E-state index contributed by atoms with van der Waals surface area (Å²) in [6.07, 6.45) is 5.20. The number of aryl methyl sites for hydroxylation is 1. The molecule has 0 saturated heterocycles. The normalized spacial score (nSPS) is 23.0. The van der Waals surface area contributed by atoms with Gasteiger partial charge in [0.05, 0.1) is 0 Å². The van der Waals surface area contributed by atoms with Crippen LogP contribution >= 0.6 is 0 Å². The fourth-order valence-electron chi connectivity index (χ4n) is 4.04. The fraction of sp³-hybridized carbons (Fsp3) is 0.400. The van der Waals surface area contributed by atoms with Crippen molar-refractivity contribution in [3.05, 3.63) is 70.8 Å². The Labute approximate surface area is 127 Å². The monoisotopic (exact) mass is 277 g/mol. The molecule has 1 nitrogen and oxygen atoms in total. The zero-order chi connectivity index (χ0) is 14.1. The molecule has 0 heterocycles. The van der Waals surface area contributed by atoms with E-state index in [0.29, 0.717) is 5.92 Å². The molecular formula is C20H23N. The molecule has 0 saturated carbocycles. The van der Waals surface area contributed by atoms with Crippen molar-refractivity contribution in [2.24, 2.45) is 0 Å². The Morgan fingerprint density at radius 3 is 2.29 bits per heavy atom. The molecule has 2 unspecified atom stereocenters. The van der Waals surface area contributed by atoms with Gasteiger partial charge in [-0.2, -0.15) is 0 Å².